The van der Waals surface area contributed by atoms with Crippen molar-refractivity contribution in [1.29, 1.82) is 0 Å². The number of halogens is 1. The van der Waals surface area contributed by atoms with Gasteiger partial charge in [-0.25, -0.2) is 4.39 Å². The van der Waals surface area contributed by atoms with E-state index in [4.69, 9.17) is 5.73 Å². The third-order valence-electron chi connectivity index (χ3n) is 7.12. The van der Waals surface area contributed by atoms with Gasteiger partial charge in [-0.3, -0.25) is 9.69 Å². The largest absolute Gasteiger partial charge is 0.399 e. The number of amides is 1. The number of nitrogens with two attached hydrogens (primary N) is 1. The smallest absolute Gasteiger partial charge is 0.229 e. The Morgan fingerprint density at radius 2 is 1.81 bits per heavy atom. The summed E-state index contributed by atoms with van der Waals surface area (Å²) >= 11 is 0. The number of likely N-dealkylation sites (tertiary alicyclic amines) is 1. The van der Waals surface area contributed by atoms with Crippen LogP contribution in [-0.4, -0.2) is 22.5 Å². The van der Waals surface area contributed by atoms with E-state index < -0.39 is 24.0 Å². The van der Waals surface area contributed by atoms with Crippen LogP contribution in [-0.2, 0) is 10.2 Å². The van der Waals surface area contributed by atoms with Crippen LogP contribution in [0.2, 0.25) is 0 Å². The molecule has 3 aromatic rings. The lowest BCUT2D eigenvalue weighted by atomic mass is 9.82. The number of carbonyl (C=O) groups excluding carboxylic acids is 1. The number of nitrogen functional groups attached to an aromatic ring is 1. The van der Waals surface area contributed by atoms with Gasteiger partial charge in [0, 0.05) is 29.5 Å². The summed E-state index contributed by atoms with van der Waals surface area (Å²) in [6, 6.07) is 19.6. The number of carbonyl (C=O) groups is 1. The van der Waals surface area contributed by atoms with Crippen LogP contribution in [0.5, 0.6) is 0 Å². The number of aryl methyl sites for hydroxylation is 1. The SMILES string of the molecule is Cc1cccc(F)c1C(O)N1CCCC(C(=O)Nc2cccc(C(C)(C)C)c2)[C@@H]1c1ccc(N)cc1. The number of piperidine rings is 1. The Kier molecular flexibility index (Phi) is 7.48. The molecule has 36 heavy (non-hydrogen) atoms. The first-order chi connectivity index (χ1) is 17.1. The van der Waals surface area contributed by atoms with E-state index in [1.807, 2.05) is 35.2 Å². The second kappa shape index (κ2) is 10.4. The van der Waals surface area contributed by atoms with E-state index in [0.29, 0.717) is 30.6 Å². The third kappa shape index (κ3) is 5.45. The Labute approximate surface area is 213 Å². The predicted molar refractivity (Wildman–Crippen MR) is 143 cm³/mol. The van der Waals surface area contributed by atoms with Gasteiger partial charge in [-0.1, -0.05) is 57.2 Å². The summed E-state index contributed by atoms with van der Waals surface area (Å²) in [5.74, 6) is -1.02. The molecule has 0 aliphatic carbocycles. The molecule has 6 heteroatoms. The molecule has 4 rings (SSSR count). The number of anilines is 2. The highest BCUT2D eigenvalue weighted by Gasteiger charge is 2.41. The normalized spacial score (nSPS) is 19.6. The van der Waals surface area contributed by atoms with E-state index >= 15 is 0 Å². The summed E-state index contributed by atoms with van der Waals surface area (Å²) < 4.78 is 14.8. The van der Waals surface area contributed by atoms with E-state index in [1.54, 1.807) is 31.2 Å². The fraction of sp³-hybridized carbons (Fsp3) is 0.367. The first-order valence-electron chi connectivity index (χ1n) is 12.5. The van der Waals surface area contributed by atoms with Crippen molar-refractivity contribution >= 4 is 17.3 Å². The number of nitrogens with one attached hydrogen (secondary N) is 1. The number of rotatable bonds is 5. The van der Waals surface area contributed by atoms with E-state index in [1.165, 1.54) is 6.07 Å². The van der Waals surface area contributed by atoms with Crippen molar-refractivity contribution in [3.05, 3.63) is 94.8 Å². The molecule has 0 saturated carbocycles. The molecule has 1 fully saturated rings. The van der Waals surface area contributed by atoms with Gasteiger partial charge in [0.25, 0.3) is 0 Å². The summed E-state index contributed by atoms with van der Waals surface area (Å²) in [6.45, 7) is 8.73. The van der Waals surface area contributed by atoms with Crippen LogP contribution in [0.25, 0.3) is 0 Å². The summed E-state index contributed by atoms with van der Waals surface area (Å²) in [5.41, 5.74) is 10.2. The van der Waals surface area contributed by atoms with E-state index in [9.17, 15) is 14.3 Å². The average molecular weight is 490 g/mol. The molecule has 190 valence electrons. The van der Waals surface area contributed by atoms with Crippen LogP contribution in [0.3, 0.4) is 0 Å². The fourth-order valence-corrected chi connectivity index (χ4v) is 5.12. The maximum absolute atomic E-state index is 14.8. The lowest BCUT2D eigenvalue weighted by Crippen LogP contribution is -2.45. The lowest BCUT2D eigenvalue weighted by molar-refractivity contribution is -0.128. The maximum atomic E-state index is 14.8. The first-order valence-corrected chi connectivity index (χ1v) is 12.5. The van der Waals surface area contributed by atoms with Crippen molar-refractivity contribution in [3.63, 3.8) is 0 Å². The Hall–Kier alpha value is -3.22. The molecular formula is C30H36FN3O2. The van der Waals surface area contributed by atoms with Gasteiger partial charge in [-0.15, -0.1) is 0 Å². The van der Waals surface area contributed by atoms with Gasteiger partial charge in [0.2, 0.25) is 5.91 Å². The molecule has 5 nitrogen and oxygen atoms in total. The molecule has 0 aromatic heterocycles. The summed E-state index contributed by atoms with van der Waals surface area (Å²) in [7, 11) is 0. The van der Waals surface area contributed by atoms with Crippen molar-refractivity contribution < 1.29 is 14.3 Å². The molecule has 1 saturated heterocycles. The van der Waals surface area contributed by atoms with Gasteiger partial charge in [0.15, 0.2) is 0 Å². The molecule has 1 amide bonds. The quantitative estimate of drug-likeness (QED) is 0.379. The summed E-state index contributed by atoms with van der Waals surface area (Å²) in [5, 5.41) is 14.5. The third-order valence-corrected chi connectivity index (χ3v) is 7.12. The molecule has 0 spiro atoms. The van der Waals surface area contributed by atoms with Gasteiger partial charge >= 0.3 is 0 Å². The number of aliphatic hydroxyl groups is 1. The molecule has 2 unspecified atom stereocenters. The monoisotopic (exact) mass is 489 g/mol. The van der Waals surface area contributed by atoms with Crippen molar-refractivity contribution in [2.45, 2.75) is 58.2 Å². The van der Waals surface area contributed by atoms with Crippen LogP contribution in [0.1, 0.15) is 68.1 Å². The molecular weight excluding hydrogens is 453 g/mol. The van der Waals surface area contributed by atoms with Crippen molar-refractivity contribution in [1.82, 2.24) is 4.90 Å². The van der Waals surface area contributed by atoms with Crippen molar-refractivity contribution in [3.8, 4) is 0 Å². The second-order valence-corrected chi connectivity index (χ2v) is 10.8. The second-order valence-electron chi connectivity index (χ2n) is 10.8. The Morgan fingerprint density at radius 3 is 2.47 bits per heavy atom. The molecule has 4 N–H and O–H groups in total. The minimum Gasteiger partial charge on any atom is -0.399 e. The first kappa shape index (κ1) is 25.9. The Morgan fingerprint density at radius 1 is 1.11 bits per heavy atom. The van der Waals surface area contributed by atoms with Crippen LogP contribution < -0.4 is 11.1 Å². The Bertz CT molecular complexity index is 1200. The predicted octanol–water partition coefficient (Wildman–Crippen LogP) is 6.10. The van der Waals surface area contributed by atoms with Crippen molar-refractivity contribution in [2.75, 3.05) is 17.6 Å². The fourth-order valence-electron chi connectivity index (χ4n) is 5.12. The highest BCUT2D eigenvalue weighted by atomic mass is 19.1. The number of aliphatic hydroxyl groups excluding tert-OH is 1. The number of benzene rings is 3. The Balaban J connectivity index is 1.69. The van der Waals surface area contributed by atoms with Crippen LogP contribution in [0.4, 0.5) is 15.8 Å². The van der Waals surface area contributed by atoms with E-state index in [-0.39, 0.29) is 16.9 Å². The summed E-state index contributed by atoms with van der Waals surface area (Å²) in [4.78, 5) is 15.5. The van der Waals surface area contributed by atoms with Crippen LogP contribution in [0.15, 0.2) is 66.7 Å². The van der Waals surface area contributed by atoms with Crippen LogP contribution >= 0.6 is 0 Å². The van der Waals surface area contributed by atoms with Crippen LogP contribution in [0, 0.1) is 18.7 Å². The van der Waals surface area contributed by atoms with E-state index in [0.717, 1.165) is 16.8 Å². The highest BCUT2D eigenvalue weighted by molar-refractivity contribution is 5.93. The highest BCUT2D eigenvalue weighted by Crippen LogP contribution is 2.42. The van der Waals surface area contributed by atoms with Gasteiger partial charge in [-0.2, -0.15) is 0 Å². The van der Waals surface area contributed by atoms with Gasteiger partial charge in [-0.05, 0) is 72.2 Å². The van der Waals surface area contributed by atoms with Gasteiger partial charge in [0.05, 0.1) is 5.92 Å². The maximum Gasteiger partial charge on any atom is 0.229 e. The zero-order chi connectivity index (χ0) is 26.0. The van der Waals surface area contributed by atoms with Gasteiger partial charge < -0.3 is 16.2 Å². The number of hydrogen-bond donors (Lipinski definition) is 3. The van der Waals surface area contributed by atoms with Crippen molar-refractivity contribution in [2.24, 2.45) is 5.92 Å². The zero-order valence-electron chi connectivity index (χ0n) is 21.5. The number of nitrogens with zero attached hydrogens (tertiary/aromatic N) is 1. The van der Waals surface area contributed by atoms with E-state index in [2.05, 4.69) is 32.2 Å². The minimum absolute atomic E-state index is 0.0450. The minimum atomic E-state index is -1.19. The molecule has 1 heterocycles. The molecule has 3 atom stereocenters. The lowest BCUT2D eigenvalue weighted by Gasteiger charge is -2.43. The molecule has 0 radical (unpaired) electrons. The number of hydrogen-bond acceptors (Lipinski definition) is 4. The zero-order valence-corrected chi connectivity index (χ0v) is 21.5. The van der Waals surface area contributed by atoms with Gasteiger partial charge in [0.1, 0.15) is 12.0 Å². The molecule has 3 aromatic carbocycles. The molecule has 0 bridgehead atoms. The molecule has 1 aliphatic heterocycles. The topological polar surface area (TPSA) is 78.6 Å². The standard InChI is InChI=1S/C30H36FN3O2/c1-19-8-5-12-25(31)26(19)29(36)34-17-7-11-24(27(34)20-13-15-22(32)16-14-20)28(35)33-23-10-6-9-21(18-23)30(2,3)4/h5-6,8-10,12-16,18,24,27,29,36H,7,11,17,32H2,1-4H3,(H,33,35)/t24?,27-,29?/m0/s1. The summed E-state index contributed by atoms with van der Waals surface area (Å²) in [6.07, 6.45) is 0.170. The average Bonchev–Trinajstić information content (AvgIpc) is 2.83. The molecule has 1 aliphatic rings.